The summed E-state index contributed by atoms with van der Waals surface area (Å²) in [5, 5.41) is 2.74. The highest BCUT2D eigenvalue weighted by Gasteiger charge is 2.15. The molecule has 1 aromatic carbocycles. The van der Waals surface area contributed by atoms with Crippen LogP contribution in [0.5, 0.6) is 11.5 Å². The minimum Gasteiger partial charge on any atom is -0.493 e. The molecule has 6 nitrogen and oxygen atoms in total. The molecule has 2 rings (SSSR count). The van der Waals surface area contributed by atoms with Crippen LogP contribution in [0.15, 0.2) is 30.4 Å². The van der Waals surface area contributed by atoms with Gasteiger partial charge in [-0.25, -0.2) is 0 Å². The van der Waals surface area contributed by atoms with Crippen LogP contribution in [-0.4, -0.2) is 39.2 Å². The van der Waals surface area contributed by atoms with Crippen LogP contribution in [-0.2, 0) is 20.7 Å². The van der Waals surface area contributed by atoms with Crippen molar-refractivity contribution in [3.05, 3.63) is 35.9 Å². The molecule has 1 atom stereocenters. The van der Waals surface area contributed by atoms with Gasteiger partial charge in [0.15, 0.2) is 18.1 Å². The average molecular weight is 347 g/mol. The minimum absolute atomic E-state index is 0.235. The van der Waals surface area contributed by atoms with Crippen molar-refractivity contribution in [3.8, 4) is 11.5 Å². The molecule has 1 aliphatic rings. The third-order valence-corrected chi connectivity index (χ3v) is 4.09. The summed E-state index contributed by atoms with van der Waals surface area (Å²) in [5.74, 6) is 0.948. The molecule has 0 aliphatic heterocycles. The van der Waals surface area contributed by atoms with Gasteiger partial charge in [0.1, 0.15) is 0 Å². The number of nitrogens with one attached hydrogen (secondary N) is 1. The van der Waals surface area contributed by atoms with Gasteiger partial charge < -0.3 is 19.5 Å². The normalized spacial score (nSPS) is 15.7. The molecule has 0 saturated heterocycles. The number of carbonyl (C=O) groups excluding carboxylic acids is 2. The van der Waals surface area contributed by atoms with Gasteiger partial charge in [-0.2, -0.15) is 0 Å². The molecule has 0 heterocycles. The van der Waals surface area contributed by atoms with Crippen molar-refractivity contribution in [1.82, 2.24) is 5.32 Å². The summed E-state index contributed by atoms with van der Waals surface area (Å²) in [6, 6.07) is 5.62. The fourth-order valence-electron chi connectivity index (χ4n) is 2.72. The SMILES string of the molecule is COc1ccc(CCNC(=O)COC(=O)C[C@H]2C=CCC2)cc1OC. The maximum Gasteiger partial charge on any atom is 0.306 e. The van der Waals surface area contributed by atoms with Crippen molar-refractivity contribution in [1.29, 1.82) is 0 Å². The van der Waals surface area contributed by atoms with Crippen LogP contribution in [0.1, 0.15) is 24.8 Å². The second kappa shape index (κ2) is 9.71. The molecule has 0 spiro atoms. The topological polar surface area (TPSA) is 73.9 Å². The molecule has 0 unspecified atom stereocenters. The van der Waals surface area contributed by atoms with E-state index in [0.717, 1.165) is 18.4 Å². The number of esters is 1. The molecule has 0 bridgehead atoms. The Morgan fingerprint density at radius 2 is 2.00 bits per heavy atom. The lowest BCUT2D eigenvalue weighted by Crippen LogP contribution is -2.30. The van der Waals surface area contributed by atoms with E-state index in [1.165, 1.54) is 0 Å². The third kappa shape index (κ3) is 6.14. The van der Waals surface area contributed by atoms with E-state index >= 15 is 0 Å². The summed E-state index contributed by atoms with van der Waals surface area (Å²) in [6.07, 6.45) is 7.08. The fourth-order valence-corrected chi connectivity index (χ4v) is 2.72. The molecule has 1 N–H and O–H groups in total. The van der Waals surface area contributed by atoms with E-state index in [-0.39, 0.29) is 24.4 Å². The zero-order valence-corrected chi connectivity index (χ0v) is 14.7. The Kier molecular flexibility index (Phi) is 7.32. The van der Waals surface area contributed by atoms with Gasteiger partial charge in [-0.1, -0.05) is 18.2 Å². The monoisotopic (exact) mass is 347 g/mol. The third-order valence-electron chi connectivity index (χ3n) is 4.09. The lowest BCUT2D eigenvalue weighted by Gasteiger charge is -2.10. The smallest absolute Gasteiger partial charge is 0.306 e. The summed E-state index contributed by atoms with van der Waals surface area (Å²) in [6.45, 7) is 0.221. The van der Waals surface area contributed by atoms with E-state index in [9.17, 15) is 9.59 Å². The van der Waals surface area contributed by atoms with Crippen molar-refractivity contribution in [2.24, 2.45) is 5.92 Å². The first-order valence-electron chi connectivity index (χ1n) is 8.42. The molecule has 0 aromatic heterocycles. The molecule has 1 aliphatic carbocycles. The highest BCUT2D eigenvalue weighted by atomic mass is 16.5. The van der Waals surface area contributed by atoms with Crippen molar-refractivity contribution >= 4 is 11.9 Å². The second-order valence-corrected chi connectivity index (χ2v) is 5.92. The van der Waals surface area contributed by atoms with Gasteiger partial charge >= 0.3 is 5.97 Å². The van der Waals surface area contributed by atoms with Gasteiger partial charge in [-0.3, -0.25) is 9.59 Å². The van der Waals surface area contributed by atoms with Crippen molar-refractivity contribution in [2.45, 2.75) is 25.7 Å². The molecule has 0 radical (unpaired) electrons. The zero-order valence-electron chi connectivity index (χ0n) is 14.7. The van der Waals surface area contributed by atoms with E-state index in [1.54, 1.807) is 14.2 Å². The maximum atomic E-state index is 11.8. The molecular formula is C19H25NO5. The number of allylic oxidation sites excluding steroid dienone is 2. The highest BCUT2D eigenvalue weighted by Crippen LogP contribution is 2.27. The number of carbonyl (C=O) groups is 2. The van der Waals surface area contributed by atoms with E-state index in [2.05, 4.69) is 11.4 Å². The minimum atomic E-state index is -0.327. The number of methoxy groups -OCH3 is 2. The maximum absolute atomic E-state index is 11.8. The summed E-state index contributed by atoms with van der Waals surface area (Å²) >= 11 is 0. The van der Waals surface area contributed by atoms with E-state index in [0.29, 0.717) is 30.9 Å². The second-order valence-electron chi connectivity index (χ2n) is 5.92. The molecule has 0 fully saturated rings. The molecule has 6 heteroatoms. The van der Waals surface area contributed by atoms with E-state index in [4.69, 9.17) is 14.2 Å². The first kappa shape index (κ1) is 18.8. The highest BCUT2D eigenvalue weighted by molar-refractivity contribution is 5.80. The van der Waals surface area contributed by atoms with Crippen LogP contribution in [0.3, 0.4) is 0 Å². The summed E-state index contributed by atoms with van der Waals surface area (Å²) in [5.41, 5.74) is 1.02. The Bertz CT molecular complexity index is 626. The Labute approximate surface area is 148 Å². The number of amides is 1. The number of rotatable bonds is 9. The van der Waals surface area contributed by atoms with Gasteiger partial charge in [0.05, 0.1) is 20.6 Å². The number of hydrogen-bond donors (Lipinski definition) is 1. The molecule has 0 saturated carbocycles. The van der Waals surface area contributed by atoms with E-state index < -0.39 is 0 Å². The predicted molar refractivity (Wildman–Crippen MR) is 93.7 cm³/mol. The van der Waals surface area contributed by atoms with Crippen molar-refractivity contribution < 1.29 is 23.8 Å². The lowest BCUT2D eigenvalue weighted by molar-refractivity contribution is -0.149. The van der Waals surface area contributed by atoms with Crippen LogP contribution in [0, 0.1) is 5.92 Å². The van der Waals surface area contributed by atoms with E-state index in [1.807, 2.05) is 24.3 Å². The average Bonchev–Trinajstić information content (AvgIpc) is 3.12. The van der Waals surface area contributed by atoms with Crippen LogP contribution in [0.4, 0.5) is 0 Å². The van der Waals surface area contributed by atoms with Gasteiger partial charge in [-0.05, 0) is 42.9 Å². The van der Waals surface area contributed by atoms with Gasteiger partial charge in [-0.15, -0.1) is 0 Å². The molecule has 1 aromatic rings. The number of hydrogen-bond acceptors (Lipinski definition) is 5. The van der Waals surface area contributed by atoms with Crippen molar-refractivity contribution in [2.75, 3.05) is 27.4 Å². The Hall–Kier alpha value is -2.50. The molecule has 1 amide bonds. The molecule has 25 heavy (non-hydrogen) atoms. The first-order valence-corrected chi connectivity index (χ1v) is 8.42. The van der Waals surface area contributed by atoms with Crippen LogP contribution in [0.2, 0.25) is 0 Å². The Balaban J connectivity index is 1.66. The summed E-state index contributed by atoms with van der Waals surface area (Å²) in [4.78, 5) is 23.4. The van der Waals surface area contributed by atoms with Crippen LogP contribution in [0.25, 0.3) is 0 Å². The number of ether oxygens (including phenoxy) is 3. The Morgan fingerprint density at radius 1 is 1.20 bits per heavy atom. The quantitative estimate of drug-likeness (QED) is 0.548. The lowest BCUT2D eigenvalue weighted by atomic mass is 10.1. The predicted octanol–water partition coefficient (Wildman–Crippen LogP) is 2.26. The standard InChI is InChI=1S/C19H25NO5/c1-23-16-8-7-15(11-17(16)24-2)9-10-20-18(21)13-25-19(22)12-14-5-3-4-6-14/h3,5,7-8,11,14H,4,6,9-10,12-13H2,1-2H3,(H,20,21)/t14-/m0/s1. The van der Waals surface area contributed by atoms with Gasteiger partial charge in [0.25, 0.3) is 5.91 Å². The van der Waals surface area contributed by atoms with Crippen LogP contribution < -0.4 is 14.8 Å². The summed E-state index contributed by atoms with van der Waals surface area (Å²) in [7, 11) is 3.17. The van der Waals surface area contributed by atoms with Crippen molar-refractivity contribution in [3.63, 3.8) is 0 Å². The summed E-state index contributed by atoms with van der Waals surface area (Å²) < 4.78 is 15.5. The largest absolute Gasteiger partial charge is 0.493 e. The molecular weight excluding hydrogens is 322 g/mol. The van der Waals surface area contributed by atoms with Crippen LogP contribution >= 0.6 is 0 Å². The number of benzene rings is 1. The Morgan fingerprint density at radius 3 is 2.68 bits per heavy atom. The molecule has 136 valence electrons. The van der Waals surface area contributed by atoms with Gasteiger partial charge in [0, 0.05) is 6.54 Å². The fraction of sp³-hybridized carbons (Fsp3) is 0.474. The van der Waals surface area contributed by atoms with Gasteiger partial charge in [0.2, 0.25) is 0 Å². The zero-order chi connectivity index (χ0) is 18.1. The first-order chi connectivity index (χ1) is 12.1.